The summed E-state index contributed by atoms with van der Waals surface area (Å²) in [5, 5.41) is 8.50. The smallest absolute Gasteiger partial charge is 0.316 e. The Kier molecular flexibility index (Phi) is 4.70. The number of carboxylic acids is 1. The second-order valence-electron chi connectivity index (χ2n) is 5.00. The van der Waals surface area contributed by atoms with E-state index in [2.05, 4.69) is 24.3 Å². The third-order valence-corrected chi connectivity index (χ3v) is 4.72. The van der Waals surface area contributed by atoms with Crippen LogP contribution in [-0.4, -0.2) is 16.3 Å². The van der Waals surface area contributed by atoms with Gasteiger partial charge in [0.25, 0.3) is 0 Å². The summed E-state index contributed by atoms with van der Waals surface area (Å²) in [6.45, 7) is 1.72. The van der Waals surface area contributed by atoms with Crippen LogP contribution < -0.4 is 0 Å². The van der Waals surface area contributed by atoms with Crippen molar-refractivity contribution >= 4 is 17.7 Å². The molecule has 3 heteroatoms. The molecule has 1 aliphatic carbocycles. The summed E-state index contributed by atoms with van der Waals surface area (Å²) in [6, 6.07) is 8.47. The fourth-order valence-electron chi connectivity index (χ4n) is 2.51. The van der Waals surface area contributed by atoms with Crippen molar-refractivity contribution in [3.63, 3.8) is 0 Å². The Bertz CT molecular complexity index is 393. The zero-order chi connectivity index (χ0) is 13.0. The molecule has 18 heavy (non-hydrogen) atoms. The Balaban J connectivity index is 1.98. The number of thioether (sulfide) groups is 1. The van der Waals surface area contributed by atoms with E-state index in [-0.39, 0.29) is 5.25 Å². The molecule has 1 aliphatic rings. The Labute approximate surface area is 113 Å². The number of aliphatic carboxylic acids is 1. The Morgan fingerprint density at radius 1 is 1.22 bits per heavy atom. The number of benzene rings is 1. The molecule has 0 aliphatic heterocycles. The summed E-state index contributed by atoms with van der Waals surface area (Å²) in [7, 11) is 0. The molecule has 1 atom stereocenters. The highest BCUT2D eigenvalue weighted by atomic mass is 32.2. The van der Waals surface area contributed by atoms with Crippen molar-refractivity contribution in [3.8, 4) is 0 Å². The van der Waals surface area contributed by atoms with Crippen molar-refractivity contribution in [2.45, 2.75) is 55.1 Å². The SMILES string of the molecule is CC(Sc1ccc(C2CCCCC2)cc1)C(=O)O. The molecule has 0 amide bonds. The molecular formula is C15H20O2S. The number of carboxylic acid groups (broad SMARTS) is 1. The van der Waals surface area contributed by atoms with Crippen molar-refractivity contribution in [1.29, 1.82) is 0 Å². The molecule has 1 N–H and O–H groups in total. The summed E-state index contributed by atoms with van der Waals surface area (Å²) in [4.78, 5) is 11.8. The fourth-order valence-corrected chi connectivity index (χ4v) is 3.31. The maximum atomic E-state index is 10.8. The van der Waals surface area contributed by atoms with E-state index in [0.29, 0.717) is 0 Å². The molecule has 0 spiro atoms. The van der Waals surface area contributed by atoms with Crippen LogP contribution in [0.15, 0.2) is 29.2 Å². The molecule has 0 aromatic heterocycles. The lowest BCUT2D eigenvalue weighted by atomic mass is 9.84. The molecule has 2 nitrogen and oxygen atoms in total. The maximum Gasteiger partial charge on any atom is 0.316 e. The molecule has 0 heterocycles. The molecule has 0 saturated heterocycles. The van der Waals surface area contributed by atoms with Crippen LogP contribution in [0.1, 0.15) is 50.5 Å². The third kappa shape index (κ3) is 3.52. The first-order valence-corrected chi connectivity index (χ1v) is 7.54. The van der Waals surface area contributed by atoms with E-state index in [9.17, 15) is 4.79 Å². The van der Waals surface area contributed by atoms with Crippen molar-refractivity contribution < 1.29 is 9.90 Å². The van der Waals surface area contributed by atoms with E-state index >= 15 is 0 Å². The van der Waals surface area contributed by atoms with Crippen LogP contribution in [0.2, 0.25) is 0 Å². The van der Waals surface area contributed by atoms with Gasteiger partial charge in [0.2, 0.25) is 0 Å². The van der Waals surface area contributed by atoms with Crippen LogP contribution in [0.4, 0.5) is 0 Å². The fraction of sp³-hybridized carbons (Fsp3) is 0.533. The zero-order valence-electron chi connectivity index (χ0n) is 10.8. The van der Waals surface area contributed by atoms with Crippen molar-refractivity contribution in [2.24, 2.45) is 0 Å². The quantitative estimate of drug-likeness (QED) is 0.824. The van der Waals surface area contributed by atoms with E-state index < -0.39 is 5.97 Å². The van der Waals surface area contributed by atoms with E-state index in [1.807, 2.05) is 0 Å². The number of hydrogen-bond acceptors (Lipinski definition) is 2. The molecule has 1 aromatic carbocycles. The van der Waals surface area contributed by atoms with Gasteiger partial charge in [0.15, 0.2) is 0 Å². The summed E-state index contributed by atoms with van der Waals surface area (Å²) >= 11 is 1.41. The van der Waals surface area contributed by atoms with Crippen LogP contribution in [0.5, 0.6) is 0 Å². The van der Waals surface area contributed by atoms with E-state index in [1.54, 1.807) is 6.92 Å². The lowest BCUT2D eigenvalue weighted by Crippen LogP contribution is -2.11. The standard InChI is InChI=1S/C15H20O2S/c1-11(15(16)17)18-14-9-7-13(8-10-14)12-5-3-2-4-6-12/h7-12H,2-6H2,1H3,(H,16,17). The van der Waals surface area contributed by atoms with Gasteiger partial charge in [-0.3, -0.25) is 4.79 Å². The highest BCUT2D eigenvalue weighted by molar-refractivity contribution is 8.00. The molecule has 1 fully saturated rings. The highest BCUT2D eigenvalue weighted by Gasteiger charge is 2.16. The van der Waals surface area contributed by atoms with Crippen molar-refractivity contribution in [3.05, 3.63) is 29.8 Å². The minimum Gasteiger partial charge on any atom is -0.480 e. The van der Waals surface area contributed by atoms with Gasteiger partial charge in [-0.1, -0.05) is 31.4 Å². The van der Waals surface area contributed by atoms with Gasteiger partial charge < -0.3 is 5.11 Å². The monoisotopic (exact) mass is 264 g/mol. The van der Waals surface area contributed by atoms with Gasteiger partial charge in [-0.05, 0) is 43.4 Å². The van der Waals surface area contributed by atoms with Gasteiger partial charge >= 0.3 is 5.97 Å². The van der Waals surface area contributed by atoms with Crippen molar-refractivity contribution in [2.75, 3.05) is 0 Å². The van der Waals surface area contributed by atoms with E-state index in [0.717, 1.165) is 10.8 Å². The number of hydrogen-bond donors (Lipinski definition) is 1. The van der Waals surface area contributed by atoms with E-state index in [1.165, 1.54) is 49.4 Å². The average Bonchev–Trinajstić information content (AvgIpc) is 2.40. The lowest BCUT2D eigenvalue weighted by Gasteiger charge is -2.22. The van der Waals surface area contributed by atoms with Gasteiger partial charge in [-0.15, -0.1) is 11.8 Å². The second kappa shape index (κ2) is 6.28. The molecule has 0 radical (unpaired) electrons. The molecule has 1 unspecified atom stereocenters. The molecular weight excluding hydrogens is 244 g/mol. The van der Waals surface area contributed by atoms with Gasteiger partial charge in [0.05, 0.1) is 0 Å². The molecule has 98 valence electrons. The van der Waals surface area contributed by atoms with Crippen molar-refractivity contribution in [1.82, 2.24) is 0 Å². The lowest BCUT2D eigenvalue weighted by molar-refractivity contribution is -0.136. The normalized spacial score (nSPS) is 18.5. The van der Waals surface area contributed by atoms with Gasteiger partial charge in [-0.2, -0.15) is 0 Å². The van der Waals surface area contributed by atoms with Crippen LogP contribution in [-0.2, 0) is 4.79 Å². The number of rotatable bonds is 4. The van der Waals surface area contributed by atoms with Gasteiger partial charge in [0.1, 0.15) is 5.25 Å². The van der Waals surface area contributed by atoms with Crippen LogP contribution in [0.3, 0.4) is 0 Å². The van der Waals surface area contributed by atoms with Crippen LogP contribution in [0.25, 0.3) is 0 Å². The predicted molar refractivity (Wildman–Crippen MR) is 75.2 cm³/mol. The molecule has 1 aromatic rings. The number of carbonyl (C=O) groups is 1. The minimum atomic E-state index is -0.753. The van der Waals surface area contributed by atoms with E-state index in [4.69, 9.17) is 5.11 Å². The van der Waals surface area contributed by atoms with Gasteiger partial charge in [-0.25, -0.2) is 0 Å². The molecule has 1 saturated carbocycles. The first-order chi connectivity index (χ1) is 8.66. The zero-order valence-corrected chi connectivity index (χ0v) is 11.6. The van der Waals surface area contributed by atoms with Crippen LogP contribution in [0, 0.1) is 0 Å². The summed E-state index contributed by atoms with van der Waals surface area (Å²) in [5.41, 5.74) is 1.42. The molecule has 2 rings (SSSR count). The highest BCUT2D eigenvalue weighted by Crippen LogP contribution is 2.33. The Morgan fingerprint density at radius 3 is 2.39 bits per heavy atom. The Hall–Kier alpha value is -0.960. The minimum absolute atomic E-state index is 0.384. The topological polar surface area (TPSA) is 37.3 Å². The molecule has 0 bridgehead atoms. The van der Waals surface area contributed by atoms with Crippen LogP contribution >= 0.6 is 11.8 Å². The third-order valence-electron chi connectivity index (χ3n) is 3.62. The maximum absolute atomic E-state index is 10.8. The first-order valence-electron chi connectivity index (χ1n) is 6.66. The predicted octanol–water partition coefficient (Wildman–Crippen LogP) is 4.30. The Morgan fingerprint density at radius 2 is 1.83 bits per heavy atom. The first kappa shape index (κ1) is 13.5. The summed E-state index contributed by atoms with van der Waals surface area (Å²) < 4.78 is 0. The summed E-state index contributed by atoms with van der Waals surface area (Å²) in [6.07, 6.45) is 6.67. The average molecular weight is 264 g/mol. The summed E-state index contributed by atoms with van der Waals surface area (Å²) in [5.74, 6) is -0.0361. The second-order valence-corrected chi connectivity index (χ2v) is 6.42. The van der Waals surface area contributed by atoms with Gasteiger partial charge in [0, 0.05) is 4.90 Å². The largest absolute Gasteiger partial charge is 0.480 e.